The van der Waals surface area contributed by atoms with E-state index in [-0.39, 0.29) is 11.0 Å². The Morgan fingerprint density at radius 2 is 1.88 bits per heavy atom. The highest BCUT2D eigenvalue weighted by Gasteiger charge is 2.35. The molecule has 0 radical (unpaired) electrons. The normalized spacial score (nSPS) is 12.2. The van der Waals surface area contributed by atoms with Crippen molar-refractivity contribution < 1.29 is 31.2 Å². The topological polar surface area (TPSA) is 124 Å². The zero-order valence-corrected chi connectivity index (χ0v) is 13.0. The second kappa shape index (κ2) is 5.90. The van der Waals surface area contributed by atoms with Crippen LogP contribution in [0.1, 0.15) is 0 Å². The lowest BCUT2D eigenvalue weighted by Crippen LogP contribution is -2.18. The lowest BCUT2D eigenvalue weighted by Gasteiger charge is -2.11. The van der Waals surface area contributed by atoms with Crippen LogP contribution in [0.15, 0.2) is 12.1 Å². The quantitative estimate of drug-likeness (QED) is 0.632. The monoisotopic (exact) mass is 386 g/mol. The molecule has 130 valence electrons. The van der Waals surface area contributed by atoms with Crippen LogP contribution in [0.5, 0.6) is 5.75 Å². The first-order chi connectivity index (χ1) is 10.9. The molecule has 0 unspecified atom stereocenters. The fourth-order valence-electron chi connectivity index (χ4n) is 1.64. The zero-order valence-electron chi connectivity index (χ0n) is 11.5. The summed E-state index contributed by atoms with van der Waals surface area (Å²) in [6.45, 7) is 0. The second-order valence-corrected chi connectivity index (χ2v) is 6.46. The predicted molar refractivity (Wildman–Crippen MR) is 76.4 cm³/mol. The maximum atomic E-state index is 12.4. The summed E-state index contributed by atoms with van der Waals surface area (Å²) < 4.78 is 65.0. The summed E-state index contributed by atoms with van der Waals surface area (Å²) in [6.07, 6.45) is -4.38. The Bertz CT molecular complexity index is 934. The highest BCUT2D eigenvalue weighted by atomic mass is 35.5. The summed E-state index contributed by atoms with van der Waals surface area (Å²) in [5.41, 5.74) is -1.52. The van der Waals surface area contributed by atoms with Gasteiger partial charge in [-0.05, 0) is 0 Å². The van der Waals surface area contributed by atoms with Crippen LogP contribution >= 0.6 is 11.6 Å². The first kappa shape index (κ1) is 17.9. The van der Waals surface area contributed by atoms with Gasteiger partial charge in [-0.25, -0.2) is 18.4 Å². The number of benzene rings is 1. The van der Waals surface area contributed by atoms with E-state index in [1.807, 2.05) is 4.72 Å². The van der Waals surface area contributed by atoms with Crippen LogP contribution in [0, 0.1) is 10.1 Å². The minimum absolute atomic E-state index is 0.222. The molecule has 0 aliphatic heterocycles. The van der Waals surface area contributed by atoms with Crippen LogP contribution in [-0.2, 0) is 10.0 Å². The van der Waals surface area contributed by atoms with Crippen LogP contribution in [-0.4, -0.2) is 35.9 Å². The summed E-state index contributed by atoms with van der Waals surface area (Å²) >= 11 is 5.71. The number of hydrogen-bond acceptors (Lipinski definition) is 7. The molecule has 0 saturated carbocycles. The Balaban J connectivity index is 2.67. The van der Waals surface area contributed by atoms with Gasteiger partial charge < -0.3 is 4.74 Å². The van der Waals surface area contributed by atoms with Gasteiger partial charge in [0.2, 0.25) is 15.8 Å². The number of nitrogens with zero attached hydrogens (tertiary/aromatic N) is 3. The van der Waals surface area contributed by atoms with Crippen molar-refractivity contribution in [1.82, 2.24) is 9.97 Å². The Morgan fingerprint density at radius 1 is 1.29 bits per heavy atom. The largest absolute Gasteiger partial charge is 0.573 e. The number of aromatic nitrogens is 2. The molecule has 1 heterocycles. The van der Waals surface area contributed by atoms with Crippen molar-refractivity contribution in [2.75, 3.05) is 11.0 Å². The van der Waals surface area contributed by atoms with Crippen molar-refractivity contribution in [2.45, 2.75) is 6.36 Å². The Morgan fingerprint density at radius 3 is 2.38 bits per heavy atom. The van der Waals surface area contributed by atoms with E-state index in [0.29, 0.717) is 12.1 Å². The van der Waals surface area contributed by atoms with Gasteiger partial charge in [0.25, 0.3) is 0 Å². The minimum atomic E-state index is -5.17. The minimum Gasteiger partial charge on any atom is -0.398 e. The summed E-state index contributed by atoms with van der Waals surface area (Å²) in [4.78, 5) is 17.1. The van der Waals surface area contributed by atoms with Gasteiger partial charge in [-0.1, -0.05) is 11.6 Å². The Kier molecular flexibility index (Phi) is 4.41. The number of anilines is 1. The van der Waals surface area contributed by atoms with E-state index in [4.69, 9.17) is 11.6 Å². The van der Waals surface area contributed by atoms with Crippen LogP contribution in [0.2, 0.25) is 5.15 Å². The molecule has 0 aliphatic rings. The number of nitro groups is 1. The maximum Gasteiger partial charge on any atom is 0.573 e. The molecule has 1 aromatic heterocycles. The molecule has 9 nitrogen and oxygen atoms in total. The number of alkyl halides is 3. The molecule has 0 saturated heterocycles. The number of hydrogen-bond donors (Lipinski definition) is 1. The lowest BCUT2D eigenvalue weighted by molar-refractivity contribution is -0.388. The van der Waals surface area contributed by atoms with E-state index in [9.17, 15) is 31.7 Å². The fourth-order valence-corrected chi connectivity index (χ4v) is 2.37. The molecule has 1 aromatic carbocycles. The molecule has 2 aromatic rings. The molecular weight excluding hydrogens is 381 g/mol. The third-order valence-corrected chi connectivity index (χ3v) is 3.23. The summed E-state index contributed by atoms with van der Waals surface area (Å²) in [5.74, 6) is -1.57. The highest BCUT2D eigenvalue weighted by molar-refractivity contribution is 7.92. The number of nitro benzene ring substituents is 1. The van der Waals surface area contributed by atoms with Crippen molar-refractivity contribution in [2.24, 2.45) is 0 Å². The van der Waals surface area contributed by atoms with Gasteiger partial charge >= 0.3 is 12.0 Å². The van der Waals surface area contributed by atoms with Crippen LogP contribution in [0.3, 0.4) is 0 Å². The number of sulfonamides is 1. The molecule has 14 heteroatoms. The van der Waals surface area contributed by atoms with E-state index < -0.39 is 43.7 Å². The standard InChI is InChI=1S/C10H6ClF3N4O5S/c1-24(21,22)17-9-8(11)15-4-2-6(18(19)20)7(3-5(4)16-9)23-10(12,13)14/h2-3H,1H3,(H,16,17). The SMILES string of the molecule is CS(=O)(=O)Nc1nc2cc(OC(F)(F)F)c([N+](=O)[O-])cc2nc1Cl. The predicted octanol–water partition coefficient (Wildman–Crippen LogP) is 2.46. The van der Waals surface area contributed by atoms with Gasteiger partial charge in [0, 0.05) is 12.1 Å². The molecule has 24 heavy (non-hydrogen) atoms. The molecule has 2 rings (SSSR count). The van der Waals surface area contributed by atoms with E-state index >= 15 is 0 Å². The zero-order chi connectivity index (χ0) is 18.3. The smallest absolute Gasteiger partial charge is 0.398 e. The highest BCUT2D eigenvalue weighted by Crippen LogP contribution is 2.35. The van der Waals surface area contributed by atoms with Crippen LogP contribution in [0.25, 0.3) is 11.0 Å². The lowest BCUT2D eigenvalue weighted by atomic mass is 10.2. The summed E-state index contributed by atoms with van der Waals surface area (Å²) in [5, 5.41) is 10.4. The van der Waals surface area contributed by atoms with Crippen molar-refractivity contribution in [3.8, 4) is 5.75 Å². The van der Waals surface area contributed by atoms with Crippen molar-refractivity contribution in [3.05, 3.63) is 27.4 Å². The Labute approximate surface area is 136 Å². The van der Waals surface area contributed by atoms with Crippen molar-refractivity contribution in [1.29, 1.82) is 0 Å². The fraction of sp³-hybridized carbons (Fsp3) is 0.200. The first-order valence-corrected chi connectivity index (χ1v) is 8.02. The van der Waals surface area contributed by atoms with Gasteiger partial charge in [0.05, 0.1) is 22.2 Å². The molecule has 1 N–H and O–H groups in total. The third-order valence-electron chi connectivity index (χ3n) is 2.41. The van der Waals surface area contributed by atoms with Gasteiger partial charge in [0.1, 0.15) is 0 Å². The van der Waals surface area contributed by atoms with Crippen LogP contribution in [0.4, 0.5) is 24.7 Å². The molecule has 0 bridgehead atoms. The summed E-state index contributed by atoms with van der Waals surface area (Å²) in [6, 6.07) is 1.29. The number of halogens is 4. The van der Waals surface area contributed by atoms with Gasteiger partial charge in [-0.3, -0.25) is 14.8 Å². The average molecular weight is 387 g/mol. The molecule has 0 amide bonds. The second-order valence-electron chi connectivity index (χ2n) is 4.35. The average Bonchev–Trinajstić information content (AvgIpc) is 2.35. The number of ether oxygens (including phenoxy) is 1. The van der Waals surface area contributed by atoms with E-state index in [2.05, 4.69) is 14.7 Å². The van der Waals surface area contributed by atoms with Crippen molar-refractivity contribution >= 4 is 44.2 Å². The van der Waals surface area contributed by atoms with Gasteiger partial charge in [-0.15, -0.1) is 13.2 Å². The summed E-state index contributed by atoms with van der Waals surface area (Å²) in [7, 11) is -3.79. The molecular formula is C10H6ClF3N4O5S. The van der Waals surface area contributed by atoms with Crippen molar-refractivity contribution in [3.63, 3.8) is 0 Å². The first-order valence-electron chi connectivity index (χ1n) is 5.75. The van der Waals surface area contributed by atoms with Gasteiger partial charge in [0.15, 0.2) is 11.0 Å². The molecule has 0 atom stereocenters. The number of fused-ring (bicyclic) bond motifs is 1. The van der Waals surface area contributed by atoms with E-state index in [1.54, 1.807) is 0 Å². The molecule has 0 spiro atoms. The number of nitrogens with one attached hydrogen (secondary N) is 1. The number of rotatable bonds is 4. The van der Waals surface area contributed by atoms with Crippen LogP contribution < -0.4 is 9.46 Å². The van der Waals surface area contributed by atoms with E-state index in [0.717, 1.165) is 6.26 Å². The Hall–Kier alpha value is -2.41. The molecule has 0 aliphatic carbocycles. The van der Waals surface area contributed by atoms with Gasteiger partial charge in [-0.2, -0.15) is 0 Å². The molecule has 0 fully saturated rings. The van der Waals surface area contributed by atoms with E-state index in [1.165, 1.54) is 0 Å². The maximum absolute atomic E-state index is 12.4. The third kappa shape index (κ3) is 4.32.